The van der Waals surface area contributed by atoms with Gasteiger partial charge in [-0.2, -0.15) is 0 Å². The zero-order valence-electron chi connectivity index (χ0n) is 9.44. The van der Waals surface area contributed by atoms with Gasteiger partial charge in [0.15, 0.2) is 0 Å². The van der Waals surface area contributed by atoms with Gasteiger partial charge in [-0.25, -0.2) is 4.98 Å². The van der Waals surface area contributed by atoms with Gasteiger partial charge in [-0.05, 0) is 34.5 Å². The summed E-state index contributed by atoms with van der Waals surface area (Å²) in [4.78, 5) is 17.7. The van der Waals surface area contributed by atoms with Gasteiger partial charge in [0.05, 0.1) is 5.56 Å². The Morgan fingerprint density at radius 2 is 2.38 bits per heavy atom. The number of carbonyl (C=O) groups is 1. The molecule has 0 aliphatic heterocycles. The highest BCUT2D eigenvalue weighted by Gasteiger charge is 2.14. The quantitative estimate of drug-likeness (QED) is 0.614. The van der Waals surface area contributed by atoms with E-state index in [1.165, 1.54) is 0 Å². The normalized spacial score (nSPS) is 10.2. The monoisotopic (exact) mass is 286 g/mol. The number of hydrogen-bond acceptors (Lipinski definition) is 3. The summed E-state index contributed by atoms with van der Waals surface area (Å²) in [5.74, 6) is -0.0314. The first-order chi connectivity index (χ1) is 7.66. The maximum atomic E-state index is 12.0. The van der Waals surface area contributed by atoms with E-state index in [2.05, 4.69) is 20.9 Å². The smallest absolute Gasteiger partial charge is 0.256 e. The summed E-state index contributed by atoms with van der Waals surface area (Å²) < 4.78 is 5.52. The van der Waals surface area contributed by atoms with Gasteiger partial charge in [0, 0.05) is 33.5 Å². The molecule has 0 bridgehead atoms. The molecule has 0 unspecified atom stereocenters. The summed E-state index contributed by atoms with van der Waals surface area (Å²) in [6.07, 6.45) is 2.47. The molecule has 88 valence electrons. The zero-order valence-corrected chi connectivity index (χ0v) is 11.0. The molecule has 0 aromatic carbocycles. The largest absolute Gasteiger partial charge is 0.385 e. The molecule has 0 radical (unpaired) electrons. The van der Waals surface area contributed by atoms with Crippen molar-refractivity contribution in [1.29, 1.82) is 0 Å². The van der Waals surface area contributed by atoms with Gasteiger partial charge in [-0.3, -0.25) is 4.79 Å². The Kier molecular flexibility index (Phi) is 5.42. The van der Waals surface area contributed by atoms with E-state index in [0.717, 1.165) is 6.42 Å². The number of aromatic nitrogens is 1. The number of carbonyl (C=O) groups excluding carboxylic acids is 1. The standard InChI is InChI=1S/C11H15BrN2O2/c1-14(7-4-8-16-2)11(15)9-5-3-6-13-10(9)12/h3,5-6H,4,7-8H2,1-2H3. The SMILES string of the molecule is COCCCN(C)C(=O)c1cccnc1Br. The second kappa shape index (κ2) is 6.60. The van der Waals surface area contributed by atoms with Crippen LogP contribution in [-0.4, -0.2) is 43.1 Å². The van der Waals surface area contributed by atoms with E-state index in [-0.39, 0.29) is 5.91 Å². The first-order valence-corrected chi connectivity index (χ1v) is 5.81. The lowest BCUT2D eigenvalue weighted by atomic mass is 10.2. The van der Waals surface area contributed by atoms with E-state index < -0.39 is 0 Å². The molecule has 0 fully saturated rings. The Morgan fingerprint density at radius 1 is 1.62 bits per heavy atom. The van der Waals surface area contributed by atoms with Crippen molar-refractivity contribution in [1.82, 2.24) is 9.88 Å². The summed E-state index contributed by atoms with van der Waals surface area (Å²) in [5.41, 5.74) is 0.586. The van der Waals surface area contributed by atoms with Crippen molar-refractivity contribution in [3.8, 4) is 0 Å². The molecule has 0 saturated carbocycles. The van der Waals surface area contributed by atoms with E-state index >= 15 is 0 Å². The minimum atomic E-state index is -0.0314. The van der Waals surface area contributed by atoms with Crippen molar-refractivity contribution >= 4 is 21.8 Å². The van der Waals surface area contributed by atoms with Crippen LogP contribution in [0, 0.1) is 0 Å². The van der Waals surface area contributed by atoms with Gasteiger partial charge in [0.2, 0.25) is 0 Å². The Bertz CT molecular complexity index is 358. The Hall–Kier alpha value is -0.940. The summed E-state index contributed by atoms with van der Waals surface area (Å²) in [6.45, 7) is 1.33. The van der Waals surface area contributed by atoms with E-state index in [1.54, 1.807) is 37.4 Å². The highest BCUT2D eigenvalue weighted by atomic mass is 79.9. The van der Waals surface area contributed by atoms with Gasteiger partial charge in [0.1, 0.15) is 4.60 Å². The molecule has 0 aliphatic carbocycles. The summed E-state index contributed by atoms with van der Waals surface area (Å²) in [5, 5.41) is 0. The van der Waals surface area contributed by atoms with Gasteiger partial charge >= 0.3 is 0 Å². The van der Waals surface area contributed by atoms with Crippen LogP contribution in [0.5, 0.6) is 0 Å². The van der Waals surface area contributed by atoms with Crippen molar-refractivity contribution in [2.24, 2.45) is 0 Å². The van der Waals surface area contributed by atoms with Crippen molar-refractivity contribution in [2.45, 2.75) is 6.42 Å². The molecule has 0 spiro atoms. The minimum absolute atomic E-state index is 0.0314. The number of hydrogen-bond donors (Lipinski definition) is 0. The Morgan fingerprint density at radius 3 is 3.00 bits per heavy atom. The van der Waals surface area contributed by atoms with Gasteiger partial charge in [-0.1, -0.05) is 0 Å². The molecule has 0 saturated heterocycles. The molecule has 1 rings (SSSR count). The number of nitrogens with zero attached hydrogens (tertiary/aromatic N) is 2. The van der Waals surface area contributed by atoms with Crippen LogP contribution in [0.1, 0.15) is 16.8 Å². The van der Waals surface area contributed by atoms with Crippen molar-refractivity contribution < 1.29 is 9.53 Å². The molecule has 5 heteroatoms. The maximum absolute atomic E-state index is 12.0. The third kappa shape index (κ3) is 3.57. The number of pyridine rings is 1. The van der Waals surface area contributed by atoms with Gasteiger partial charge in [-0.15, -0.1) is 0 Å². The second-order valence-electron chi connectivity index (χ2n) is 3.41. The number of amides is 1. The molecule has 1 aromatic rings. The number of rotatable bonds is 5. The molecule has 0 N–H and O–H groups in total. The van der Waals surface area contributed by atoms with Crippen LogP contribution in [0.4, 0.5) is 0 Å². The van der Waals surface area contributed by atoms with E-state index in [4.69, 9.17) is 4.74 Å². The maximum Gasteiger partial charge on any atom is 0.256 e. The predicted octanol–water partition coefficient (Wildman–Crippen LogP) is 1.95. The Labute approximate surface area is 104 Å². The third-order valence-electron chi connectivity index (χ3n) is 2.18. The molecule has 16 heavy (non-hydrogen) atoms. The lowest BCUT2D eigenvalue weighted by Crippen LogP contribution is -2.28. The van der Waals surface area contributed by atoms with Crippen LogP contribution in [-0.2, 0) is 4.74 Å². The average molecular weight is 287 g/mol. The molecule has 1 aromatic heterocycles. The van der Waals surface area contributed by atoms with Crippen LogP contribution in [0.3, 0.4) is 0 Å². The number of methoxy groups -OCH3 is 1. The van der Waals surface area contributed by atoms with Crippen molar-refractivity contribution in [3.05, 3.63) is 28.5 Å². The van der Waals surface area contributed by atoms with Crippen LogP contribution < -0.4 is 0 Å². The van der Waals surface area contributed by atoms with E-state index in [0.29, 0.717) is 23.3 Å². The lowest BCUT2D eigenvalue weighted by Gasteiger charge is -2.17. The topological polar surface area (TPSA) is 42.4 Å². The first kappa shape index (κ1) is 13.1. The summed E-state index contributed by atoms with van der Waals surface area (Å²) >= 11 is 3.26. The minimum Gasteiger partial charge on any atom is -0.385 e. The molecular weight excluding hydrogens is 272 g/mol. The predicted molar refractivity (Wildman–Crippen MR) is 65.4 cm³/mol. The molecule has 1 heterocycles. The van der Waals surface area contributed by atoms with Crippen LogP contribution in [0.15, 0.2) is 22.9 Å². The highest BCUT2D eigenvalue weighted by Crippen LogP contribution is 2.14. The fourth-order valence-electron chi connectivity index (χ4n) is 1.30. The Balaban J connectivity index is 2.60. The fraction of sp³-hybridized carbons (Fsp3) is 0.455. The first-order valence-electron chi connectivity index (χ1n) is 5.01. The van der Waals surface area contributed by atoms with Gasteiger partial charge < -0.3 is 9.64 Å². The lowest BCUT2D eigenvalue weighted by molar-refractivity contribution is 0.0778. The molecule has 1 amide bonds. The van der Waals surface area contributed by atoms with Gasteiger partial charge in [0.25, 0.3) is 5.91 Å². The summed E-state index contributed by atoms with van der Waals surface area (Å²) in [6, 6.07) is 3.51. The molecule has 4 nitrogen and oxygen atoms in total. The van der Waals surface area contributed by atoms with Crippen LogP contribution >= 0.6 is 15.9 Å². The zero-order chi connectivity index (χ0) is 12.0. The van der Waals surface area contributed by atoms with Crippen LogP contribution in [0.2, 0.25) is 0 Å². The third-order valence-corrected chi connectivity index (χ3v) is 2.81. The van der Waals surface area contributed by atoms with Crippen molar-refractivity contribution in [2.75, 3.05) is 27.3 Å². The van der Waals surface area contributed by atoms with E-state index in [1.807, 2.05) is 0 Å². The molecular formula is C11H15BrN2O2. The van der Waals surface area contributed by atoms with E-state index in [9.17, 15) is 4.79 Å². The molecule has 0 aliphatic rings. The van der Waals surface area contributed by atoms with Crippen LogP contribution in [0.25, 0.3) is 0 Å². The number of halogens is 1. The highest BCUT2D eigenvalue weighted by molar-refractivity contribution is 9.10. The van der Waals surface area contributed by atoms with Crippen molar-refractivity contribution in [3.63, 3.8) is 0 Å². The molecule has 0 atom stereocenters. The summed E-state index contributed by atoms with van der Waals surface area (Å²) in [7, 11) is 3.43. The fourth-order valence-corrected chi connectivity index (χ4v) is 1.72. The average Bonchev–Trinajstić information content (AvgIpc) is 2.29. The second-order valence-corrected chi connectivity index (χ2v) is 4.17. The number of ether oxygens (including phenoxy) is 1.